The Labute approximate surface area is 155 Å². The van der Waals surface area contributed by atoms with Crippen molar-refractivity contribution < 1.29 is 13.2 Å². The molecule has 2 rings (SSSR count). The summed E-state index contributed by atoms with van der Waals surface area (Å²) in [6.45, 7) is 5.61. The Hall–Kier alpha value is -2.18. The van der Waals surface area contributed by atoms with E-state index >= 15 is 0 Å². The van der Waals surface area contributed by atoms with Crippen molar-refractivity contribution in [2.24, 2.45) is 0 Å². The van der Waals surface area contributed by atoms with Crippen LogP contribution in [0.25, 0.3) is 0 Å². The smallest absolute Gasteiger partial charge is 0.240 e. The highest BCUT2D eigenvalue weighted by Gasteiger charge is 2.15. The number of amides is 1. The molecule has 0 fully saturated rings. The van der Waals surface area contributed by atoms with Crippen molar-refractivity contribution in [3.8, 4) is 0 Å². The SMILES string of the molecule is CCc1ccccc1NC(=O)CCc1ccc(S(=O)(=O)NC(C)C)cc1. The van der Waals surface area contributed by atoms with E-state index in [2.05, 4.69) is 17.0 Å². The third-order valence-corrected chi connectivity index (χ3v) is 5.61. The Morgan fingerprint density at radius 3 is 2.31 bits per heavy atom. The fourth-order valence-corrected chi connectivity index (χ4v) is 3.89. The first-order valence-electron chi connectivity index (χ1n) is 8.81. The van der Waals surface area contributed by atoms with Crippen molar-refractivity contribution in [2.45, 2.75) is 51.0 Å². The van der Waals surface area contributed by atoms with Crippen LogP contribution in [-0.4, -0.2) is 20.4 Å². The molecule has 0 aliphatic carbocycles. The van der Waals surface area contributed by atoms with E-state index in [4.69, 9.17) is 0 Å². The summed E-state index contributed by atoms with van der Waals surface area (Å²) in [6, 6.07) is 14.3. The molecule has 1 amide bonds. The number of benzene rings is 2. The van der Waals surface area contributed by atoms with E-state index in [0.29, 0.717) is 12.8 Å². The van der Waals surface area contributed by atoms with Crippen molar-refractivity contribution in [3.05, 3.63) is 59.7 Å². The number of hydrogen-bond acceptors (Lipinski definition) is 3. The molecule has 0 radical (unpaired) electrons. The second-order valence-corrected chi connectivity index (χ2v) is 8.19. The fraction of sp³-hybridized carbons (Fsp3) is 0.350. The second kappa shape index (κ2) is 8.96. The van der Waals surface area contributed by atoms with Crippen molar-refractivity contribution in [1.29, 1.82) is 0 Å². The van der Waals surface area contributed by atoms with Crippen LogP contribution in [0, 0.1) is 0 Å². The molecule has 2 aromatic rings. The molecule has 0 bridgehead atoms. The van der Waals surface area contributed by atoms with Gasteiger partial charge in [0.05, 0.1) is 4.90 Å². The lowest BCUT2D eigenvalue weighted by atomic mass is 10.1. The Morgan fingerprint density at radius 2 is 1.69 bits per heavy atom. The van der Waals surface area contributed by atoms with Crippen molar-refractivity contribution in [1.82, 2.24) is 4.72 Å². The van der Waals surface area contributed by atoms with Crippen LogP contribution in [0.2, 0.25) is 0 Å². The molecule has 0 aliphatic heterocycles. The highest BCUT2D eigenvalue weighted by atomic mass is 32.2. The maximum atomic E-state index is 12.2. The summed E-state index contributed by atoms with van der Waals surface area (Å²) < 4.78 is 26.8. The Morgan fingerprint density at radius 1 is 1.04 bits per heavy atom. The molecule has 0 heterocycles. The molecular weight excluding hydrogens is 348 g/mol. The summed E-state index contributed by atoms with van der Waals surface area (Å²) in [5.74, 6) is -0.0518. The number of para-hydroxylation sites is 1. The topological polar surface area (TPSA) is 75.3 Å². The number of nitrogens with one attached hydrogen (secondary N) is 2. The van der Waals surface area contributed by atoms with Crippen LogP contribution in [0.15, 0.2) is 53.4 Å². The summed E-state index contributed by atoms with van der Waals surface area (Å²) in [4.78, 5) is 12.4. The van der Waals surface area contributed by atoms with E-state index < -0.39 is 10.0 Å². The van der Waals surface area contributed by atoms with Crippen molar-refractivity contribution in [2.75, 3.05) is 5.32 Å². The number of sulfonamides is 1. The monoisotopic (exact) mass is 374 g/mol. The van der Waals surface area contributed by atoms with Gasteiger partial charge in [-0.05, 0) is 56.0 Å². The van der Waals surface area contributed by atoms with Crippen molar-refractivity contribution >= 4 is 21.6 Å². The van der Waals surface area contributed by atoms with Gasteiger partial charge in [-0.3, -0.25) is 4.79 Å². The Balaban J connectivity index is 1.94. The molecule has 0 unspecified atom stereocenters. The summed E-state index contributed by atoms with van der Waals surface area (Å²) in [5.41, 5.74) is 2.88. The molecule has 2 aromatic carbocycles. The van der Waals surface area contributed by atoms with E-state index in [1.165, 1.54) is 0 Å². The number of anilines is 1. The number of rotatable bonds is 8. The minimum Gasteiger partial charge on any atom is -0.326 e. The molecule has 6 heteroatoms. The Bertz CT molecular complexity index is 844. The predicted molar refractivity (Wildman–Crippen MR) is 105 cm³/mol. The van der Waals surface area contributed by atoms with Crippen LogP contribution >= 0.6 is 0 Å². The van der Waals surface area contributed by atoms with E-state index in [9.17, 15) is 13.2 Å². The molecule has 5 nitrogen and oxygen atoms in total. The molecule has 0 saturated carbocycles. The quantitative estimate of drug-likeness (QED) is 0.742. The summed E-state index contributed by atoms with van der Waals surface area (Å²) in [5, 5.41) is 2.94. The number of hydrogen-bond donors (Lipinski definition) is 2. The highest BCUT2D eigenvalue weighted by molar-refractivity contribution is 7.89. The fourth-order valence-electron chi connectivity index (χ4n) is 2.63. The minimum absolute atomic E-state index is 0.0518. The van der Waals surface area contributed by atoms with Gasteiger partial charge in [0, 0.05) is 18.2 Å². The van der Waals surface area contributed by atoms with Crippen LogP contribution in [-0.2, 0) is 27.7 Å². The van der Waals surface area contributed by atoms with Crippen LogP contribution in [0.5, 0.6) is 0 Å². The van der Waals surface area contributed by atoms with Gasteiger partial charge < -0.3 is 5.32 Å². The molecule has 2 N–H and O–H groups in total. The van der Waals surface area contributed by atoms with E-state index in [-0.39, 0.29) is 16.8 Å². The van der Waals surface area contributed by atoms with Crippen LogP contribution in [0.3, 0.4) is 0 Å². The van der Waals surface area contributed by atoms with Gasteiger partial charge in [0.15, 0.2) is 0 Å². The third kappa shape index (κ3) is 5.68. The summed E-state index contributed by atoms with van der Waals surface area (Å²) in [7, 11) is -3.49. The second-order valence-electron chi connectivity index (χ2n) is 6.48. The molecule has 0 atom stereocenters. The molecule has 140 valence electrons. The van der Waals surface area contributed by atoms with Gasteiger partial charge in [0.1, 0.15) is 0 Å². The lowest BCUT2D eigenvalue weighted by Crippen LogP contribution is -2.30. The van der Waals surface area contributed by atoms with Gasteiger partial charge in [0.2, 0.25) is 15.9 Å². The summed E-state index contributed by atoms with van der Waals surface area (Å²) in [6.07, 6.45) is 1.75. The van der Waals surface area contributed by atoms with Crippen LogP contribution in [0.4, 0.5) is 5.69 Å². The lowest BCUT2D eigenvalue weighted by Gasteiger charge is -2.11. The van der Waals surface area contributed by atoms with E-state index in [0.717, 1.165) is 23.2 Å². The first kappa shape index (κ1) is 20.1. The largest absolute Gasteiger partial charge is 0.326 e. The zero-order chi connectivity index (χ0) is 19.2. The number of carbonyl (C=O) groups excluding carboxylic acids is 1. The zero-order valence-electron chi connectivity index (χ0n) is 15.5. The molecule has 0 aliphatic rings. The van der Waals surface area contributed by atoms with E-state index in [1.54, 1.807) is 38.1 Å². The zero-order valence-corrected chi connectivity index (χ0v) is 16.3. The maximum Gasteiger partial charge on any atom is 0.240 e. The van der Waals surface area contributed by atoms with Gasteiger partial charge in [-0.25, -0.2) is 13.1 Å². The lowest BCUT2D eigenvalue weighted by molar-refractivity contribution is -0.116. The van der Waals surface area contributed by atoms with Gasteiger partial charge in [-0.1, -0.05) is 37.3 Å². The third-order valence-electron chi connectivity index (χ3n) is 3.94. The normalized spacial score (nSPS) is 11.5. The van der Waals surface area contributed by atoms with Crippen molar-refractivity contribution in [3.63, 3.8) is 0 Å². The van der Waals surface area contributed by atoms with Gasteiger partial charge in [-0.15, -0.1) is 0 Å². The molecular formula is C20H26N2O3S. The molecule has 0 saturated heterocycles. The molecule has 0 spiro atoms. The average Bonchev–Trinajstić information content (AvgIpc) is 2.60. The van der Waals surface area contributed by atoms with Gasteiger partial charge in [-0.2, -0.15) is 0 Å². The first-order valence-corrected chi connectivity index (χ1v) is 10.3. The number of aryl methyl sites for hydroxylation is 2. The van der Waals surface area contributed by atoms with Crippen LogP contribution in [0.1, 0.15) is 38.3 Å². The number of carbonyl (C=O) groups is 1. The maximum absolute atomic E-state index is 12.2. The predicted octanol–water partition coefficient (Wildman–Crippen LogP) is 3.51. The molecule has 0 aromatic heterocycles. The highest BCUT2D eigenvalue weighted by Crippen LogP contribution is 2.16. The van der Waals surface area contributed by atoms with E-state index in [1.807, 2.05) is 24.3 Å². The standard InChI is InChI=1S/C20H26N2O3S/c1-4-17-7-5-6-8-19(17)21-20(23)14-11-16-9-12-18(13-10-16)26(24,25)22-15(2)3/h5-10,12-13,15,22H,4,11,14H2,1-3H3,(H,21,23). The first-order chi connectivity index (χ1) is 12.3. The Kier molecular flexibility index (Phi) is 6.94. The van der Waals surface area contributed by atoms with Gasteiger partial charge >= 0.3 is 0 Å². The van der Waals surface area contributed by atoms with Gasteiger partial charge in [0.25, 0.3) is 0 Å². The summed E-state index contributed by atoms with van der Waals surface area (Å²) >= 11 is 0. The van der Waals surface area contributed by atoms with Crippen LogP contribution < -0.4 is 10.0 Å². The minimum atomic E-state index is -3.49. The average molecular weight is 375 g/mol. The molecule has 26 heavy (non-hydrogen) atoms.